The summed E-state index contributed by atoms with van der Waals surface area (Å²) in [5.74, 6) is -2.10. The fourth-order valence-electron chi connectivity index (χ4n) is 3.50. The first-order valence-corrected chi connectivity index (χ1v) is 11.2. The summed E-state index contributed by atoms with van der Waals surface area (Å²) in [4.78, 5) is 38.7. The second-order valence-electron chi connectivity index (χ2n) is 7.50. The van der Waals surface area contributed by atoms with Gasteiger partial charge in [0, 0.05) is 16.1 Å². The van der Waals surface area contributed by atoms with Crippen LogP contribution in [0.25, 0.3) is 10.9 Å². The van der Waals surface area contributed by atoms with E-state index in [1.54, 1.807) is 73.7 Å². The van der Waals surface area contributed by atoms with E-state index in [0.717, 1.165) is 0 Å². The molecule has 0 fully saturated rings. The maximum Gasteiger partial charge on any atom is 0.328 e. The lowest BCUT2D eigenvalue weighted by Crippen LogP contribution is -2.36. The number of halogens is 2. The third kappa shape index (κ3) is 4.94. The molecular weight excluding hydrogens is 491 g/mol. The lowest BCUT2D eigenvalue weighted by Gasteiger charge is -2.15. The Labute approximate surface area is 210 Å². The van der Waals surface area contributed by atoms with Gasteiger partial charge in [-0.05, 0) is 48.9 Å². The topological polar surface area (TPSA) is 101 Å². The van der Waals surface area contributed by atoms with Gasteiger partial charge in [0.1, 0.15) is 17.0 Å². The molecular formula is C25H20Cl2N4O4. The maximum absolute atomic E-state index is 13.2. The van der Waals surface area contributed by atoms with Crippen molar-refractivity contribution < 1.29 is 19.1 Å². The van der Waals surface area contributed by atoms with Crippen LogP contribution >= 0.6 is 23.2 Å². The van der Waals surface area contributed by atoms with Crippen LogP contribution < -0.4 is 20.8 Å². The number of anilines is 2. The number of para-hydroxylation sites is 2. The molecule has 0 saturated heterocycles. The predicted molar refractivity (Wildman–Crippen MR) is 137 cm³/mol. The standard InChI is InChI=1S/C25H20Cl2N4O4/c1-14-16(26)9-6-11-18(14)28-24(33)25(34)30-31-20(13-15-7-5-12-21(35-2)22(15)31)23(32)29-19-10-4-3-8-17(19)27/h3-13H,1-2H3,(H,28,33)(H,29,32)(H,30,34). The van der Waals surface area contributed by atoms with Crippen molar-refractivity contribution >= 4 is 63.2 Å². The van der Waals surface area contributed by atoms with E-state index in [0.29, 0.717) is 43.6 Å². The highest BCUT2D eigenvalue weighted by Crippen LogP contribution is 2.29. The van der Waals surface area contributed by atoms with Crippen LogP contribution in [0.15, 0.2) is 66.7 Å². The molecule has 178 valence electrons. The summed E-state index contributed by atoms with van der Waals surface area (Å²) in [5.41, 5.74) is 4.36. The Kier molecular flexibility index (Phi) is 6.95. The Hall–Kier alpha value is -4.01. The number of ether oxygens (including phenoxy) is 1. The first-order valence-electron chi connectivity index (χ1n) is 10.4. The molecule has 35 heavy (non-hydrogen) atoms. The van der Waals surface area contributed by atoms with Crippen LogP contribution in [0.3, 0.4) is 0 Å². The van der Waals surface area contributed by atoms with Crippen molar-refractivity contribution in [2.45, 2.75) is 6.92 Å². The number of hydrogen-bond donors (Lipinski definition) is 3. The van der Waals surface area contributed by atoms with Crippen molar-refractivity contribution in [3.63, 3.8) is 0 Å². The smallest absolute Gasteiger partial charge is 0.328 e. The van der Waals surface area contributed by atoms with Crippen LogP contribution in [-0.4, -0.2) is 29.5 Å². The third-order valence-corrected chi connectivity index (χ3v) is 6.04. The van der Waals surface area contributed by atoms with E-state index in [4.69, 9.17) is 27.9 Å². The van der Waals surface area contributed by atoms with Gasteiger partial charge < -0.3 is 15.4 Å². The number of methoxy groups -OCH3 is 1. The van der Waals surface area contributed by atoms with Crippen molar-refractivity contribution in [3.05, 3.63) is 88.0 Å². The summed E-state index contributed by atoms with van der Waals surface area (Å²) in [7, 11) is 1.46. The van der Waals surface area contributed by atoms with E-state index in [1.807, 2.05) is 0 Å². The number of nitrogens with one attached hydrogen (secondary N) is 3. The molecule has 1 aromatic heterocycles. The van der Waals surface area contributed by atoms with E-state index in [9.17, 15) is 14.4 Å². The first-order chi connectivity index (χ1) is 16.8. The highest BCUT2D eigenvalue weighted by Gasteiger charge is 2.23. The van der Waals surface area contributed by atoms with E-state index in [-0.39, 0.29) is 5.69 Å². The van der Waals surface area contributed by atoms with Crippen molar-refractivity contribution in [2.24, 2.45) is 0 Å². The van der Waals surface area contributed by atoms with Gasteiger partial charge in [-0.1, -0.05) is 53.5 Å². The summed E-state index contributed by atoms with van der Waals surface area (Å²) < 4.78 is 6.64. The van der Waals surface area contributed by atoms with Gasteiger partial charge in [0.15, 0.2) is 0 Å². The van der Waals surface area contributed by atoms with E-state index in [1.165, 1.54) is 11.8 Å². The van der Waals surface area contributed by atoms with Gasteiger partial charge in [-0.3, -0.25) is 19.8 Å². The summed E-state index contributed by atoms with van der Waals surface area (Å²) in [6.45, 7) is 1.72. The van der Waals surface area contributed by atoms with Crippen molar-refractivity contribution in [2.75, 3.05) is 23.2 Å². The quantitative estimate of drug-likeness (QED) is 0.320. The van der Waals surface area contributed by atoms with Crippen LogP contribution in [-0.2, 0) is 9.59 Å². The lowest BCUT2D eigenvalue weighted by atomic mass is 10.2. The molecule has 0 saturated carbocycles. The van der Waals surface area contributed by atoms with Gasteiger partial charge in [0.05, 0.1) is 17.8 Å². The largest absolute Gasteiger partial charge is 0.494 e. The van der Waals surface area contributed by atoms with Crippen LogP contribution in [0.4, 0.5) is 11.4 Å². The minimum absolute atomic E-state index is 0.0597. The molecule has 1 heterocycles. The number of nitrogens with zero attached hydrogens (tertiary/aromatic N) is 1. The number of rotatable bonds is 5. The highest BCUT2D eigenvalue weighted by atomic mass is 35.5. The Morgan fingerprint density at radius 3 is 2.26 bits per heavy atom. The van der Waals surface area contributed by atoms with Gasteiger partial charge in [0.25, 0.3) is 5.91 Å². The van der Waals surface area contributed by atoms with E-state index >= 15 is 0 Å². The lowest BCUT2D eigenvalue weighted by molar-refractivity contribution is -0.133. The molecule has 0 atom stereocenters. The number of aromatic nitrogens is 1. The van der Waals surface area contributed by atoms with Gasteiger partial charge in [-0.15, -0.1) is 0 Å². The van der Waals surface area contributed by atoms with Crippen LogP contribution in [0.1, 0.15) is 16.1 Å². The van der Waals surface area contributed by atoms with Gasteiger partial charge in [0.2, 0.25) is 0 Å². The summed E-state index contributed by atoms with van der Waals surface area (Å²) in [6, 6.07) is 18.5. The summed E-state index contributed by atoms with van der Waals surface area (Å²) in [5, 5.41) is 6.67. The van der Waals surface area contributed by atoms with Crippen LogP contribution in [0.2, 0.25) is 10.0 Å². The van der Waals surface area contributed by atoms with Crippen molar-refractivity contribution in [1.82, 2.24) is 4.68 Å². The first kappa shape index (κ1) is 24.1. The molecule has 0 aliphatic carbocycles. The fraction of sp³-hybridized carbons (Fsp3) is 0.0800. The Balaban J connectivity index is 1.69. The Morgan fingerprint density at radius 2 is 1.51 bits per heavy atom. The number of fused-ring (bicyclic) bond motifs is 1. The Bertz CT molecular complexity index is 1470. The molecule has 3 N–H and O–H groups in total. The van der Waals surface area contributed by atoms with Crippen LogP contribution in [0.5, 0.6) is 5.75 Å². The second-order valence-corrected chi connectivity index (χ2v) is 8.32. The molecule has 4 aromatic rings. The second kappa shape index (κ2) is 10.1. The minimum atomic E-state index is -1.00. The molecule has 3 amide bonds. The summed E-state index contributed by atoms with van der Waals surface area (Å²) in [6.07, 6.45) is 0. The molecule has 8 nitrogen and oxygen atoms in total. The van der Waals surface area contributed by atoms with Gasteiger partial charge >= 0.3 is 11.8 Å². The fourth-order valence-corrected chi connectivity index (χ4v) is 3.86. The maximum atomic E-state index is 13.2. The zero-order chi connectivity index (χ0) is 25.1. The van der Waals surface area contributed by atoms with Gasteiger partial charge in [-0.25, -0.2) is 4.68 Å². The molecule has 4 rings (SSSR count). The van der Waals surface area contributed by atoms with Gasteiger partial charge in [-0.2, -0.15) is 0 Å². The average Bonchev–Trinajstić information content (AvgIpc) is 3.22. The molecule has 0 radical (unpaired) electrons. The Morgan fingerprint density at radius 1 is 0.829 bits per heavy atom. The van der Waals surface area contributed by atoms with Crippen molar-refractivity contribution in [3.8, 4) is 5.75 Å². The third-order valence-electron chi connectivity index (χ3n) is 5.30. The van der Waals surface area contributed by atoms with E-state index in [2.05, 4.69) is 16.1 Å². The molecule has 0 aliphatic heterocycles. The minimum Gasteiger partial charge on any atom is -0.494 e. The number of carbonyl (C=O) groups is 3. The summed E-state index contributed by atoms with van der Waals surface area (Å²) >= 11 is 12.3. The zero-order valence-corrected chi connectivity index (χ0v) is 20.2. The highest BCUT2D eigenvalue weighted by molar-refractivity contribution is 6.43. The molecule has 0 unspecified atom stereocenters. The number of amides is 3. The molecule has 3 aromatic carbocycles. The zero-order valence-electron chi connectivity index (χ0n) is 18.7. The molecule has 0 bridgehead atoms. The number of carbonyl (C=O) groups excluding carboxylic acids is 3. The van der Waals surface area contributed by atoms with Crippen molar-refractivity contribution in [1.29, 1.82) is 0 Å². The average molecular weight is 511 g/mol. The predicted octanol–water partition coefficient (Wildman–Crippen LogP) is 5.23. The monoisotopic (exact) mass is 510 g/mol. The molecule has 0 spiro atoms. The number of hydrogen-bond acceptors (Lipinski definition) is 4. The number of benzene rings is 3. The van der Waals surface area contributed by atoms with E-state index < -0.39 is 17.7 Å². The molecule has 0 aliphatic rings. The normalized spacial score (nSPS) is 10.6. The SMILES string of the molecule is COc1cccc2cc(C(=O)Nc3ccccc3Cl)n(NC(=O)C(=O)Nc3cccc(Cl)c3C)c12. The van der Waals surface area contributed by atoms with Crippen LogP contribution in [0, 0.1) is 6.92 Å². The molecule has 10 heteroatoms.